The summed E-state index contributed by atoms with van der Waals surface area (Å²) in [5.74, 6) is -2.39. The summed E-state index contributed by atoms with van der Waals surface area (Å²) >= 11 is 0. The number of anilines is 1. The Labute approximate surface area is 110 Å². The maximum Gasteiger partial charge on any atom is 0.335 e. The Bertz CT molecular complexity index is 474. The predicted octanol–water partition coefficient (Wildman–Crippen LogP) is 2.28. The van der Waals surface area contributed by atoms with Crippen molar-refractivity contribution in [3.8, 4) is 0 Å². The van der Waals surface area contributed by atoms with Crippen molar-refractivity contribution in [2.75, 3.05) is 11.9 Å². The van der Waals surface area contributed by atoms with Crippen LogP contribution in [0.15, 0.2) is 18.2 Å². The van der Waals surface area contributed by atoms with Gasteiger partial charge in [-0.25, -0.2) is 9.18 Å². The average Bonchev–Trinajstić information content (AvgIpc) is 2.31. The standard InChI is InChI=1S/C13H16FNO4/c1-8(2)19-6-5-12(16)15-11-4-3-9(13(17)18)7-10(11)14/h3-4,7-8H,5-6H2,1-2H3,(H,15,16)(H,17,18). The van der Waals surface area contributed by atoms with E-state index in [1.165, 1.54) is 12.1 Å². The van der Waals surface area contributed by atoms with Gasteiger partial charge in [0.2, 0.25) is 5.91 Å². The number of rotatable bonds is 6. The molecule has 6 heteroatoms. The molecular formula is C13H16FNO4. The first-order valence-electron chi connectivity index (χ1n) is 5.84. The number of carbonyl (C=O) groups excluding carboxylic acids is 1. The summed E-state index contributed by atoms with van der Waals surface area (Å²) in [6, 6.07) is 3.31. The van der Waals surface area contributed by atoms with Crippen molar-refractivity contribution in [2.24, 2.45) is 0 Å². The first-order chi connectivity index (χ1) is 8.90. The highest BCUT2D eigenvalue weighted by Gasteiger charge is 2.10. The van der Waals surface area contributed by atoms with Crippen LogP contribution in [0.2, 0.25) is 0 Å². The van der Waals surface area contributed by atoms with Crippen LogP contribution < -0.4 is 5.32 Å². The summed E-state index contributed by atoms with van der Waals surface area (Å²) in [6.45, 7) is 3.95. The topological polar surface area (TPSA) is 75.6 Å². The van der Waals surface area contributed by atoms with Crippen LogP contribution in [-0.2, 0) is 9.53 Å². The number of carboxylic acids is 1. The van der Waals surface area contributed by atoms with Gasteiger partial charge in [0.15, 0.2) is 0 Å². The zero-order valence-electron chi connectivity index (χ0n) is 10.8. The summed E-state index contributed by atoms with van der Waals surface area (Å²) in [5, 5.41) is 11.0. The highest BCUT2D eigenvalue weighted by Crippen LogP contribution is 2.16. The van der Waals surface area contributed by atoms with E-state index in [2.05, 4.69) is 5.32 Å². The molecule has 104 valence electrons. The van der Waals surface area contributed by atoms with Crippen LogP contribution >= 0.6 is 0 Å². The molecule has 2 N–H and O–H groups in total. The fourth-order valence-corrected chi connectivity index (χ4v) is 1.35. The summed E-state index contributed by atoms with van der Waals surface area (Å²) in [6.07, 6.45) is 0.137. The van der Waals surface area contributed by atoms with Gasteiger partial charge in [-0.1, -0.05) is 0 Å². The monoisotopic (exact) mass is 269 g/mol. The molecule has 0 radical (unpaired) electrons. The number of hydrogen-bond donors (Lipinski definition) is 2. The maximum absolute atomic E-state index is 13.5. The molecule has 0 atom stereocenters. The molecule has 0 heterocycles. The Hall–Kier alpha value is -1.95. The van der Waals surface area contributed by atoms with Crippen LogP contribution in [-0.4, -0.2) is 29.7 Å². The molecule has 0 saturated heterocycles. The molecule has 0 fully saturated rings. The third kappa shape index (κ3) is 5.05. The highest BCUT2D eigenvalue weighted by molar-refractivity contribution is 5.92. The Kier molecular flexibility index (Phi) is 5.44. The van der Waals surface area contributed by atoms with Gasteiger partial charge < -0.3 is 15.2 Å². The molecule has 0 aliphatic heterocycles. The van der Waals surface area contributed by atoms with E-state index in [0.29, 0.717) is 0 Å². The van der Waals surface area contributed by atoms with Crippen molar-refractivity contribution in [1.29, 1.82) is 0 Å². The van der Waals surface area contributed by atoms with Crippen molar-refractivity contribution in [1.82, 2.24) is 0 Å². The minimum Gasteiger partial charge on any atom is -0.478 e. The number of carbonyl (C=O) groups is 2. The molecule has 1 aromatic rings. The first kappa shape index (κ1) is 15.1. The van der Waals surface area contributed by atoms with E-state index in [0.717, 1.165) is 6.07 Å². The number of amides is 1. The lowest BCUT2D eigenvalue weighted by Gasteiger charge is -2.09. The first-order valence-corrected chi connectivity index (χ1v) is 5.84. The van der Waals surface area contributed by atoms with Crippen LogP contribution in [0.5, 0.6) is 0 Å². The fraction of sp³-hybridized carbons (Fsp3) is 0.385. The van der Waals surface area contributed by atoms with Crippen LogP contribution in [0.4, 0.5) is 10.1 Å². The van der Waals surface area contributed by atoms with Crippen LogP contribution in [0.1, 0.15) is 30.6 Å². The molecule has 0 aliphatic carbocycles. The Morgan fingerprint density at radius 2 is 2.11 bits per heavy atom. The molecule has 5 nitrogen and oxygen atoms in total. The van der Waals surface area contributed by atoms with Gasteiger partial charge in [-0.05, 0) is 32.0 Å². The van der Waals surface area contributed by atoms with Gasteiger partial charge in [-0.2, -0.15) is 0 Å². The number of aromatic carboxylic acids is 1. The molecule has 19 heavy (non-hydrogen) atoms. The summed E-state index contributed by atoms with van der Waals surface area (Å²) in [4.78, 5) is 22.1. The molecule has 0 unspecified atom stereocenters. The summed E-state index contributed by atoms with van der Waals surface area (Å²) in [5.41, 5.74) is -0.210. The van der Waals surface area contributed by atoms with E-state index in [4.69, 9.17) is 9.84 Å². The number of carboxylic acid groups (broad SMARTS) is 1. The zero-order valence-corrected chi connectivity index (χ0v) is 10.8. The summed E-state index contributed by atoms with van der Waals surface area (Å²) in [7, 11) is 0. The quantitative estimate of drug-likeness (QED) is 0.830. The van der Waals surface area contributed by atoms with Gasteiger partial charge in [0, 0.05) is 0 Å². The van der Waals surface area contributed by atoms with E-state index in [9.17, 15) is 14.0 Å². The minimum atomic E-state index is -1.22. The van der Waals surface area contributed by atoms with Crippen molar-refractivity contribution in [3.63, 3.8) is 0 Å². The van der Waals surface area contributed by atoms with Crippen LogP contribution in [0.25, 0.3) is 0 Å². The zero-order chi connectivity index (χ0) is 14.4. The van der Waals surface area contributed by atoms with E-state index < -0.39 is 11.8 Å². The lowest BCUT2D eigenvalue weighted by molar-refractivity contribution is -0.117. The van der Waals surface area contributed by atoms with Gasteiger partial charge in [-0.15, -0.1) is 0 Å². The van der Waals surface area contributed by atoms with E-state index in [-0.39, 0.29) is 36.3 Å². The van der Waals surface area contributed by atoms with Crippen LogP contribution in [0, 0.1) is 5.82 Å². The Balaban J connectivity index is 2.57. The van der Waals surface area contributed by atoms with E-state index >= 15 is 0 Å². The van der Waals surface area contributed by atoms with Gasteiger partial charge >= 0.3 is 5.97 Å². The van der Waals surface area contributed by atoms with E-state index in [1.54, 1.807) is 0 Å². The fourth-order valence-electron chi connectivity index (χ4n) is 1.35. The second-order valence-electron chi connectivity index (χ2n) is 4.22. The molecule has 0 spiro atoms. The third-order valence-electron chi connectivity index (χ3n) is 2.27. The Morgan fingerprint density at radius 3 is 2.63 bits per heavy atom. The largest absolute Gasteiger partial charge is 0.478 e. The average molecular weight is 269 g/mol. The number of halogens is 1. The number of benzene rings is 1. The van der Waals surface area contributed by atoms with E-state index in [1.807, 2.05) is 13.8 Å². The van der Waals surface area contributed by atoms with Gasteiger partial charge in [-0.3, -0.25) is 4.79 Å². The van der Waals surface area contributed by atoms with Crippen molar-refractivity contribution in [2.45, 2.75) is 26.4 Å². The van der Waals surface area contributed by atoms with Crippen molar-refractivity contribution < 1.29 is 23.8 Å². The number of nitrogens with one attached hydrogen (secondary N) is 1. The molecule has 0 bridgehead atoms. The molecular weight excluding hydrogens is 253 g/mol. The lowest BCUT2D eigenvalue weighted by atomic mass is 10.2. The van der Waals surface area contributed by atoms with Gasteiger partial charge in [0.05, 0.1) is 30.4 Å². The smallest absolute Gasteiger partial charge is 0.335 e. The predicted molar refractivity (Wildman–Crippen MR) is 67.7 cm³/mol. The molecule has 1 aromatic carbocycles. The molecule has 1 amide bonds. The SMILES string of the molecule is CC(C)OCCC(=O)Nc1ccc(C(=O)O)cc1F. The van der Waals surface area contributed by atoms with Crippen molar-refractivity contribution in [3.05, 3.63) is 29.6 Å². The molecule has 0 saturated carbocycles. The summed E-state index contributed by atoms with van der Waals surface area (Å²) < 4.78 is 18.7. The highest BCUT2D eigenvalue weighted by atomic mass is 19.1. The Morgan fingerprint density at radius 1 is 1.42 bits per heavy atom. The normalized spacial score (nSPS) is 10.5. The maximum atomic E-state index is 13.5. The third-order valence-corrected chi connectivity index (χ3v) is 2.27. The molecule has 1 rings (SSSR count). The van der Waals surface area contributed by atoms with Gasteiger partial charge in [0.25, 0.3) is 0 Å². The molecule has 0 aliphatic rings. The van der Waals surface area contributed by atoms with Gasteiger partial charge in [0.1, 0.15) is 5.82 Å². The second-order valence-corrected chi connectivity index (χ2v) is 4.22. The number of ether oxygens (including phenoxy) is 1. The number of hydrogen-bond acceptors (Lipinski definition) is 3. The lowest BCUT2D eigenvalue weighted by Crippen LogP contribution is -2.16. The van der Waals surface area contributed by atoms with Crippen LogP contribution in [0.3, 0.4) is 0 Å². The second kappa shape index (κ2) is 6.84. The van der Waals surface area contributed by atoms with Crippen molar-refractivity contribution >= 4 is 17.6 Å². The minimum absolute atomic E-state index is 0.0272. The molecule has 0 aromatic heterocycles.